The van der Waals surface area contributed by atoms with Gasteiger partial charge in [0.1, 0.15) is 11.5 Å². The fourth-order valence-corrected chi connectivity index (χ4v) is 4.88. The maximum Gasteiger partial charge on any atom is 0.249 e. The van der Waals surface area contributed by atoms with E-state index in [0.717, 1.165) is 4.31 Å². The molecule has 12 nitrogen and oxygen atoms in total. The number of carbonyl (C=O) groups is 1. The number of nitrogens with zero attached hydrogens (tertiary/aromatic N) is 6. The monoisotopic (exact) mass is 580 g/mol. The molecule has 42 heavy (non-hydrogen) atoms. The van der Waals surface area contributed by atoms with E-state index >= 15 is 0 Å². The van der Waals surface area contributed by atoms with Crippen molar-refractivity contribution in [1.82, 2.24) is 9.97 Å². The molecule has 0 fully saturated rings. The standard InChI is InChI=1S/C29H23N7O5S/c1-40-21-15-19(16-22(17-21)41-2)31-27-28(33-26-13-6-5-12-25(26)32-27)36(42(38)39)20-9-7-8-18(14-20)23-10-3-4-11-24(23)29(37)34-35-30/h3-17H,1-2H3,(H,31,32)(H,38,39)/p-1. The van der Waals surface area contributed by atoms with Crippen LogP contribution in [0.1, 0.15) is 10.4 Å². The minimum absolute atomic E-state index is 0.000544. The normalized spacial score (nSPS) is 11.3. The Bertz CT molecular complexity index is 1860. The molecule has 0 aliphatic rings. The van der Waals surface area contributed by atoms with Crippen molar-refractivity contribution in [3.8, 4) is 22.6 Å². The molecular weight excluding hydrogens is 558 g/mol. The Morgan fingerprint density at radius 2 is 1.60 bits per heavy atom. The van der Waals surface area contributed by atoms with Gasteiger partial charge in [-0.25, -0.2) is 9.97 Å². The number of amides is 1. The highest BCUT2D eigenvalue weighted by atomic mass is 32.2. The van der Waals surface area contributed by atoms with Gasteiger partial charge in [-0.2, -0.15) is 0 Å². The van der Waals surface area contributed by atoms with Gasteiger partial charge in [-0.15, -0.1) is 0 Å². The molecule has 1 aromatic heterocycles. The average Bonchev–Trinajstić information content (AvgIpc) is 3.01. The van der Waals surface area contributed by atoms with Gasteiger partial charge in [0.15, 0.2) is 11.6 Å². The van der Waals surface area contributed by atoms with E-state index in [1.165, 1.54) is 20.3 Å². The molecule has 13 heteroatoms. The Labute approximate surface area is 242 Å². The van der Waals surface area contributed by atoms with Crippen LogP contribution in [0.4, 0.5) is 23.0 Å². The molecule has 1 unspecified atom stereocenters. The van der Waals surface area contributed by atoms with Gasteiger partial charge >= 0.3 is 0 Å². The van der Waals surface area contributed by atoms with E-state index in [9.17, 15) is 13.6 Å². The summed E-state index contributed by atoms with van der Waals surface area (Å²) in [7, 11) is 3.04. The zero-order valence-electron chi connectivity index (χ0n) is 22.3. The number of methoxy groups -OCH3 is 2. The lowest BCUT2D eigenvalue weighted by Gasteiger charge is -2.28. The summed E-state index contributed by atoms with van der Waals surface area (Å²) in [5, 5.41) is 6.37. The second kappa shape index (κ2) is 12.4. The minimum atomic E-state index is -2.85. The van der Waals surface area contributed by atoms with Gasteiger partial charge in [-0.1, -0.05) is 48.5 Å². The number of para-hydroxylation sites is 2. The van der Waals surface area contributed by atoms with Crippen LogP contribution in [0.15, 0.2) is 96.1 Å². The Balaban J connectivity index is 1.66. The van der Waals surface area contributed by atoms with Crippen LogP contribution >= 0.6 is 0 Å². The smallest absolute Gasteiger partial charge is 0.249 e. The Morgan fingerprint density at radius 1 is 0.929 bits per heavy atom. The largest absolute Gasteiger partial charge is 0.755 e. The van der Waals surface area contributed by atoms with Crippen LogP contribution in [0.3, 0.4) is 0 Å². The fraction of sp³-hybridized carbons (Fsp3) is 0.0690. The number of azide groups is 1. The lowest BCUT2D eigenvalue weighted by molar-refractivity contribution is 0.100. The molecular formula is C29H22N7O5S-. The van der Waals surface area contributed by atoms with E-state index in [4.69, 9.17) is 15.0 Å². The predicted molar refractivity (Wildman–Crippen MR) is 159 cm³/mol. The van der Waals surface area contributed by atoms with Gasteiger partial charge < -0.3 is 19.3 Å². The first-order valence-corrected chi connectivity index (χ1v) is 13.4. The molecule has 210 valence electrons. The Hall–Kier alpha value is -5.49. The van der Waals surface area contributed by atoms with Crippen molar-refractivity contribution in [2.24, 2.45) is 5.11 Å². The molecule has 0 spiro atoms. The van der Waals surface area contributed by atoms with Crippen molar-refractivity contribution in [3.63, 3.8) is 0 Å². The van der Waals surface area contributed by atoms with Gasteiger partial charge in [0, 0.05) is 34.4 Å². The first-order chi connectivity index (χ1) is 20.4. The molecule has 0 saturated carbocycles. The molecule has 0 saturated heterocycles. The third-order valence-electron chi connectivity index (χ3n) is 6.19. The average molecular weight is 581 g/mol. The molecule has 1 N–H and O–H groups in total. The highest BCUT2D eigenvalue weighted by molar-refractivity contribution is 7.81. The van der Waals surface area contributed by atoms with Crippen molar-refractivity contribution in [3.05, 3.63) is 107 Å². The number of rotatable bonds is 9. The van der Waals surface area contributed by atoms with Crippen molar-refractivity contribution < 1.29 is 23.0 Å². The van der Waals surface area contributed by atoms with Gasteiger partial charge in [-0.05, 0) is 46.0 Å². The van der Waals surface area contributed by atoms with Crippen LogP contribution in [-0.2, 0) is 11.3 Å². The van der Waals surface area contributed by atoms with Crippen LogP contribution < -0.4 is 19.1 Å². The zero-order chi connectivity index (χ0) is 29.6. The highest BCUT2D eigenvalue weighted by Crippen LogP contribution is 2.37. The van der Waals surface area contributed by atoms with Crippen LogP contribution in [0.25, 0.3) is 32.6 Å². The molecule has 1 atom stereocenters. The molecule has 0 bridgehead atoms. The van der Waals surface area contributed by atoms with Crippen LogP contribution in [-0.4, -0.2) is 38.9 Å². The van der Waals surface area contributed by atoms with Crippen LogP contribution in [0.5, 0.6) is 11.5 Å². The maximum absolute atomic E-state index is 12.8. The van der Waals surface area contributed by atoms with E-state index in [0.29, 0.717) is 39.3 Å². The number of carbonyl (C=O) groups excluding carboxylic acids is 1. The molecule has 5 rings (SSSR count). The minimum Gasteiger partial charge on any atom is -0.755 e. The van der Waals surface area contributed by atoms with Gasteiger partial charge in [0.05, 0.1) is 42.2 Å². The molecule has 0 aliphatic heterocycles. The second-order valence-electron chi connectivity index (χ2n) is 8.71. The van der Waals surface area contributed by atoms with Crippen molar-refractivity contribution >= 4 is 51.2 Å². The zero-order valence-corrected chi connectivity index (χ0v) is 23.1. The van der Waals surface area contributed by atoms with E-state index in [2.05, 4.69) is 25.3 Å². The van der Waals surface area contributed by atoms with Gasteiger partial charge in [0.2, 0.25) is 5.91 Å². The summed E-state index contributed by atoms with van der Waals surface area (Å²) in [6.07, 6.45) is 0. The van der Waals surface area contributed by atoms with Crippen LogP contribution in [0.2, 0.25) is 0 Å². The number of ether oxygens (including phenoxy) is 2. The third kappa shape index (κ3) is 5.83. The number of aromatic nitrogens is 2. The van der Waals surface area contributed by atoms with Crippen LogP contribution in [0, 0.1) is 0 Å². The number of hydrogen-bond donors (Lipinski definition) is 1. The first-order valence-electron chi connectivity index (χ1n) is 12.4. The third-order valence-corrected chi connectivity index (χ3v) is 6.87. The van der Waals surface area contributed by atoms with Gasteiger partial charge in [0.25, 0.3) is 0 Å². The van der Waals surface area contributed by atoms with E-state index < -0.39 is 17.2 Å². The molecule has 5 aromatic rings. The van der Waals surface area contributed by atoms with Crippen molar-refractivity contribution in [2.45, 2.75) is 0 Å². The van der Waals surface area contributed by atoms with Crippen molar-refractivity contribution in [1.29, 1.82) is 0 Å². The number of hydrogen-bond acceptors (Lipinski definition) is 8. The summed E-state index contributed by atoms with van der Waals surface area (Å²) < 4.78 is 37.4. The molecule has 4 aromatic carbocycles. The summed E-state index contributed by atoms with van der Waals surface area (Å²) in [4.78, 5) is 24.4. The predicted octanol–water partition coefficient (Wildman–Crippen LogP) is 6.44. The number of fused-ring (bicyclic) bond motifs is 1. The summed E-state index contributed by atoms with van der Waals surface area (Å²) in [6, 6.07) is 25.3. The summed E-state index contributed by atoms with van der Waals surface area (Å²) >= 11 is -2.85. The molecule has 0 radical (unpaired) electrons. The molecule has 0 aliphatic carbocycles. The Kier molecular flexibility index (Phi) is 8.25. The first kappa shape index (κ1) is 28.1. The number of nitrogens with one attached hydrogen (secondary N) is 1. The summed E-state index contributed by atoms with van der Waals surface area (Å²) in [5.41, 5.74) is 11.7. The second-order valence-corrected chi connectivity index (χ2v) is 9.51. The Morgan fingerprint density at radius 3 is 2.26 bits per heavy atom. The van der Waals surface area contributed by atoms with Crippen molar-refractivity contribution in [2.75, 3.05) is 23.8 Å². The lowest BCUT2D eigenvalue weighted by Crippen LogP contribution is -2.22. The van der Waals surface area contributed by atoms with E-state index in [1.807, 2.05) is 0 Å². The topological polar surface area (TPSA) is 165 Å². The molecule has 1 amide bonds. The number of benzene rings is 4. The van der Waals surface area contributed by atoms with Gasteiger partial charge in [-0.3, -0.25) is 13.3 Å². The summed E-state index contributed by atoms with van der Waals surface area (Å²) in [5.74, 6) is 0.413. The fourth-order valence-electron chi connectivity index (χ4n) is 4.33. The SMILES string of the molecule is COc1cc(Nc2nc3ccccc3nc2N(c2cccc(-c3ccccc3C(=O)N=[N+]=[N-])c2)S(=O)[O-])cc(OC)c1. The highest BCUT2D eigenvalue weighted by Gasteiger charge is 2.21. The quantitative estimate of drug-likeness (QED) is 0.0900. The van der Waals surface area contributed by atoms with E-state index in [-0.39, 0.29) is 22.9 Å². The lowest BCUT2D eigenvalue weighted by atomic mass is 9.99. The number of anilines is 4. The maximum atomic E-state index is 12.8. The van der Waals surface area contributed by atoms with E-state index in [1.54, 1.807) is 84.9 Å². The molecule has 1 heterocycles. The summed E-state index contributed by atoms with van der Waals surface area (Å²) in [6.45, 7) is 0.